The number of carboxylic acid groups (broad SMARTS) is 1. The molecule has 0 radical (unpaired) electrons. The van der Waals surface area contributed by atoms with E-state index < -0.39 is 5.97 Å². The molecule has 1 heterocycles. The van der Waals surface area contributed by atoms with E-state index in [0.29, 0.717) is 17.0 Å². The number of hydrogen-bond acceptors (Lipinski definition) is 3. The lowest BCUT2D eigenvalue weighted by Gasteiger charge is -2.08. The average molecular weight is 281 g/mol. The van der Waals surface area contributed by atoms with Crippen LogP contribution in [0.15, 0.2) is 42.5 Å². The number of carboxylic acids is 1. The fraction of sp³-hybridized carbons (Fsp3) is 0.188. The molecule has 0 aliphatic heterocycles. The van der Waals surface area contributed by atoms with Crippen molar-refractivity contribution in [2.24, 2.45) is 0 Å². The van der Waals surface area contributed by atoms with E-state index >= 15 is 0 Å². The van der Waals surface area contributed by atoms with E-state index in [1.807, 2.05) is 18.2 Å². The smallest absolute Gasteiger partial charge is 0.335 e. The predicted octanol–water partition coefficient (Wildman–Crippen LogP) is 3.24. The molecule has 0 saturated carbocycles. The first kappa shape index (κ1) is 13.3. The molecule has 0 saturated heterocycles. The highest BCUT2D eigenvalue weighted by Crippen LogP contribution is 2.21. The zero-order valence-corrected chi connectivity index (χ0v) is 11.8. The third-order valence-corrected chi connectivity index (χ3v) is 3.47. The van der Waals surface area contributed by atoms with E-state index in [9.17, 15) is 4.79 Å². The first-order valence-electron chi connectivity index (χ1n) is 6.75. The summed E-state index contributed by atoms with van der Waals surface area (Å²) in [6.45, 7) is 4.25. The largest absolute Gasteiger partial charge is 0.478 e. The van der Waals surface area contributed by atoms with Crippen molar-refractivity contribution in [1.29, 1.82) is 0 Å². The Morgan fingerprint density at radius 1 is 1.19 bits per heavy atom. The molecule has 3 aromatic rings. The van der Waals surface area contributed by atoms with Gasteiger partial charge in [-0.2, -0.15) is 0 Å². The van der Waals surface area contributed by atoms with Gasteiger partial charge in [-0.1, -0.05) is 31.2 Å². The van der Waals surface area contributed by atoms with Gasteiger partial charge in [0.05, 0.1) is 16.8 Å². The zero-order chi connectivity index (χ0) is 15.0. The molecule has 0 aliphatic carbocycles. The van der Waals surface area contributed by atoms with Gasteiger partial charge in [0.2, 0.25) is 0 Å². The summed E-state index contributed by atoms with van der Waals surface area (Å²) in [5, 5.41) is 17.3. The maximum atomic E-state index is 11.1. The summed E-state index contributed by atoms with van der Waals surface area (Å²) in [5.74, 6) is -0.546. The van der Waals surface area contributed by atoms with Crippen LogP contribution in [-0.4, -0.2) is 26.1 Å². The first-order valence-corrected chi connectivity index (χ1v) is 6.75. The lowest BCUT2D eigenvalue weighted by molar-refractivity contribution is 0.0697. The number of nitrogens with zero attached hydrogens (tertiary/aromatic N) is 3. The number of rotatable bonds is 3. The van der Waals surface area contributed by atoms with Crippen LogP contribution < -0.4 is 0 Å². The topological polar surface area (TPSA) is 68.0 Å². The molecule has 3 rings (SSSR count). The Morgan fingerprint density at radius 2 is 2.00 bits per heavy atom. The van der Waals surface area contributed by atoms with Crippen LogP contribution in [0.2, 0.25) is 0 Å². The van der Waals surface area contributed by atoms with Gasteiger partial charge in [0, 0.05) is 0 Å². The van der Waals surface area contributed by atoms with Crippen molar-refractivity contribution in [1.82, 2.24) is 15.0 Å². The van der Waals surface area contributed by atoms with E-state index in [1.54, 1.807) is 16.8 Å². The Bertz CT molecular complexity index is 821. The van der Waals surface area contributed by atoms with Gasteiger partial charge in [0.1, 0.15) is 5.52 Å². The van der Waals surface area contributed by atoms with Crippen LogP contribution in [0.25, 0.3) is 16.7 Å². The standard InChI is InChI=1S/C16H15N3O2/c1-10(2)11-4-3-5-13(8-11)19-15-9-12(16(20)21)6-7-14(15)17-18-19/h3-10H,1-2H3,(H,20,21). The molecule has 0 unspecified atom stereocenters. The Hall–Kier alpha value is -2.69. The fourth-order valence-corrected chi connectivity index (χ4v) is 2.26. The molecule has 0 bridgehead atoms. The van der Waals surface area contributed by atoms with Crippen LogP contribution in [0.5, 0.6) is 0 Å². The highest BCUT2D eigenvalue weighted by atomic mass is 16.4. The quantitative estimate of drug-likeness (QED) is 0.800. The Labute approximate surface area is 121 Å². The summed E-state index contributed by atoms with van der Waals surface area (Å²) >= 11 is 0. The number of benzene rings is 2. The minimum absolute atomic E-state index is 0.228. The lowest BCUT2D eigenvalue weighted by Crippen LogP contribution is -2.00. The molecular formula is C16H15N3O2. The van der Waals surface area contributed by atoms with Gasteiger partial charge in [-0.05, 0) is 41.8 Å². The summed E-state index contributed by atoms with van der Waals surface area (Å²) in [6, 6.07) is 12.8. The molecule has 0 fully saturated rings. The molecule has 5 heteroatoms. The molecule has 106 valence electrons. The van der Waals surface area contributed by atoms with Crippen molar-refractivity contribution in [3.63, 3.8) is 0 Å². The minimum Gasteiger partial charge on any atom is -0.478 e. The van der Waals surface area contributed by atoms with Crippen LogP contribution in [-0.2, 0) is 0 Å². The monoisotopic (exact) mass is 281 g/mol. The van der Waals surface area contributed by atoms with Crippen molar-refractivity contribution >= 4 is 17.0 Å². The van der Waals surface area contributed by atoms with Crippen molar-refractivity contribution in [3.05, 3.63) is 53.6 Å². The summed E-state index contributed by atoms with van der Waals surface area (Å²) < 4.78 is 1.67. The summed E-state index contributed by atoms with van der Waals surface area (Å²) in [4.78, 5) is 11.1. The fourth-order valence-electron chi connectivity index (χ4n) is 2.26. The van der Waals surface area contributed by atoms with Gasteiger partial charge in [0.15, 0.2) is 0 Å². The maximum absolute atomic E-state index is 11.1. The van der Waals surface area contributed by atoms with Gasteiger partial charge in [-0.3, -0.25) is 0 Å². The summed E-state index contributed by atoms with van der Waals surface area (Å²) in [7, 11) is 0. The van der Waals surface area contributed by atoms with Crippen LogP contribution in [0, 0.1) is 0 Å². The van der Waals surface area contributed by atoms with Crippen LogP contribution in [0.3, 0.4) is 0 Å². The predicted molar refractivity (Wildman–Crippen MR) is 79.9 cm³/mol. The van der Waals surface area contributed by atoms with E-state index in [1.165, 1.54) is 11.6 Å². The third kappa shape index (κ3) is 2.38. The number of carbonyl (C=O) groups is 1. The van der Waals surface area contributed by atoms with Gasteiger partial charge >= 0.3 is 5.97 Å². The Morgan fingerprint density at radius 3 is 2.71 bits per heavy atom. The number of hydrogen-bond donors (Lipinski definition) is 1. The van der Waals surface area contributed by atoms with Crippen LogP contribution >= 0.6 is 0 Å². The van der Waals surface area contributed by atoms with Crippen molar-refractivity contribution < 1.29 is 9.90 Å². The van der Waals surface area contributed by atoms with E-state index in [2.05, 4.69) is 30.2 Å². The van der Waals surface area contributed by atoms with Gasteiger partial charge < -0.3 is 5.11 Å². The Kier molecular flexibility index (Phi) is 3.17. The summed E-state index contributed by atoms with van der Waals surface area (Å²) in [5.41, 5.74) is 3.67. The first-order chi connectivity index (χ1) is 10.1. The van der Waals surface area contributed by atoms with Gasteiger partial charge in [-0.25, -0.2) is 9.48 Å². The van der Waals surface area contributed by atoms with Crippen molar-refractivity contribution in [3.8, 4) is 5.69 Å². The molecule has 0 spiro atoms. The highest BCUT2D eigenvalue weighted by Gasteiger charge is 2.11. The minimum atomic E-state index is -0.958. The normalized spacial score (nSPS) is 11.2. The second-order valence-electron chi connectivity index (χ2n) is 5.26. The molecule has 5 nitrogen and oxygen atoms in total. The third-order valence-electron chi connectivity index (χ3n) is 3.47. The van der Waals surface area contributed by atoms with Gasteiger partial charge in [0.25, 0.3) is 0 Å². The highest BCUT2D eigenvalue weighted by molar-refractivity contribution is 5.92. The molecule has 1 aromatic heterocycles. The van der Waals surface area contributed by atoms with Crippen molar-refractivity contribution in [2.45, 2.75) is 19.8 Å². The number of aromatic nitrogens is 3. The molecule has 0 aliphatic rings. The lowest BCUT2D eigenvalue weighted by atomic mass is 10.0. The molecule has 1 N–H and O–H groups in total. The molecule has 2 aromatic carbocycles. The van der Waals surface area contributed by atoms with Gasteiger partial charge in [-0.15, -0.1) is 5.10 Å². The zero-order valence-electron chi connectivity index (χ0n) is 11.8. The van der Waals surface area contributed by atoms with Crippen LogP contribution in [0.4, 0.5) is 0 Å². The molecule has 21 heavy (non-hydrogen) atoms. The van der Waals surface area contributed by atoms with Crippen LogP contribution in [0.1, 0.15) is 35.7 Å². The molecule has 0 atom stereocenters. The van der Waals surface area contributed by atoms with Crippen molar-refractivity contribution in [2.75, 3.05) is 0 Å². The second-order valence-corrected chi connectivity index (χ2v) is 5.26. The Balaban J connectivity index is 2.18. The molecular weight excluding hydrogens is 266 g/mol. The average Bonchev–Trinajstić information content (AvgIpc) is 2.90. The molecule has 0 amide bonds. The number of aromatic carboxylic acids is 1. The van der Waals surface area contributed by atoms with E-state index in [0.717, 1.165) is 5.69 Å². The second kappa shape index (κ2) is 5.01. The SMILES string of the molecule is CC(C)c1cccc(-n2nnc3ccc(C(=O)O)cc32)c1. The number of fused-ring (bicyclic) bond motifs is 1. The maximum Gasteiger partial charge on any atom is 0.335 e. The summed E-state index contributed by atoms with van der Waals surface area (Å²) in [6.07, 6.45) is 0. The van der Waals surface area contributed by atoms with E-state index in [-0.39, 0.29) is 5.56 Å². The van der Waals surface area contributed by atoms with E-state index in [4.69, 9.17) is 5.11 Å².